The van der Waals surface area contributed by atoms with Crippen molar-refractivity contribution in [2.45, 2.75) is 6.18 Å². The summed E-state index contributed by atoms with van der Waals surface area (Å²) in [6.07, 6.45) is -4.32. The maximum absolute atomic E-state index is 12.9. The van der Waals surface area contributed by atoms with Crippen molar-refractivity contribution in [3.63, 3.8) is 0 Å². The van der Waals surface area contributed by atoms with Crippen LogP contribution in [-0.2, 0) is 6.18 Å². The maximum Gasteiger partial charge on any atom is 0.416 e. The molecule has 2 aromatic carbocycles. The van der Waals surface area contributed by atoms with Crippen molar-refractivity contribution < 1.29 is 32.6 Å². The summed E-state index contributed by atoms with van der Waals surface area (Å²) < 4.78 is 45.8. The molecule has 2 heterocycles. The van der Waals surface area contributed by atoms with Gasteiger partial charge in [-0.05, 0) is 36.4 Å². The van der Waals surface area contributed by atoms with Crippen molar-refractivity contribution >= 4 is 29.2 Å². The van der Waals surface area contributed by atoms with E-state index in [4.69, 9.17) is 9.84 Å². The van der Waals surface area contributed by atoms with Gasteiger partial charge in [-0.2, -0.15) is 13.2 Å². The molecule has 174 valence electrons. The molecule has 0 atom stereocenters. The number of imidazole rings is 1. The molecule has 4 rings (SSSR count). The number of benzene rings is 2. The molecule has 0 fully saturated rings. The highest BCUT2D eigenvalue weighted by atomic mass is 19.4. The number of nitrogens with zero attached hydrogens (tertiary/aromatic N) is 4. The molecule has 34 heavy (non-hydrogen) atoms. The van der Waals surface area contributed by atoms with Crippen LogP contribution in [0.1, 0.15) is 15.9 Å². The van der Waals surface area contributed by atoms with Crippen molar-refractivity contribution in [2.24, 2.45) is 0 Å². The lowest BCUT2D eigenvalue weighted by Gasteiger charge is -2.10. The van der Waals surface area contributed by atoms with E-state index >= 15 is 0 Å². The summed E-state index contributed by atoms with van der Waals surface area (Å²) >= 11 is 0. The van der Waals surface area contributed by atoms with Crippen molar-refractivity contribution in [3.05, 3.63) is 78.0 Å². The monoisotopic (exact) mass is 471 g/mol. The third kappa shape index (κ3) is 4.90. The fourth-order valence-corrected chi connectivity index (χ4v) is 2.96. The zero-order chi connectivity index (χ0) is 24.5. The second-order valence-corrected chi connectivity index (χ2v) is 7.08. The molecule has 4 aromatic rings. The first-order valence-corrected chi connectivity index (χ1v) is 9.70. The Morgan fingerprint density at radius 3 is 2.59 bits per heavy atom. The van der Waals surface area contributed by atoms with Gasteiger partial charge in [-0.25, -0.2) is 14.3 Å². The molecule has 2 amide bonds. The summed E-state index contributed by atoms with van der Waals surface area (Å²) in [6, 6.07) is 13.4. The van der Waals surface area contributed by atoms with E-state index in [-0.39, 0.29) is 17.3 Å². The smallest absolute Gasteiger partial charge is 0.416 e. The van der Waals surface area contributed by atoms with E-state index < -0.39 is 23.7 Å². The Bertz CT molecular complexity index is 1390. The molecule has 0 saturated carbocycles. The number of hydrogen-bond acceptors (Lipinski definition) is 5. The normalized spacial score (nSPS) is 11.3. The van der Waals surface area contributed by atoms with Gasteiger partial charge >= 0.3 is 12.3 Å². The summed E-state index contributed by atoms with van der Waals surface area (Å²) in [5, 5.41) is 15.8. The van der Waals surface area contributed by atoms with Crippen molar-refractivity contribution in [1.82, 2.24) is 14.6 Å². The Labute approximate surface area is 190 Å². The standard InChI is InChI=1S/C22H16F3N5O4/c1-29(21(32)33)18-12-30-17(27-18)8-9-19(28-30)34-16-7-3-6-15(11-16)26-20(31)13-4-2-5-14(10-13)22(23,24)25/h2-12H,1H3,(H,26,31)(H,32,33). The molecule has 0 aliphatic carbocycles. The van der Waals surface area contributed by atoms with Gasteiger partial charge in [0.25, 0.3) is 5.91 Å². The molecular formula is C22H16F3N5O4. The predicted molar refractivity (Wildman–Crippen MR) is 115 cm³/mol. The van der Waals surface area contributed by atoms with E-state index in [9.17, 15) is 22.8 Å². The Hall–Kier alpha value is -4.61. The number of rotatable bonds is 5. The molecule has 0 bridgehead atoms. The zero-order valence-corrected chi connectivity index (χ0v) is 17.4. The van der Waals surface area contributed by atoms with Gasteiger partial charge in [0.05, 0.1) is 11.8 Å². The Morgan fingerprint density at radius 2 is 1.85 bits per heavy atom. The number of carbonyl (C=O) groups excluding carboxylic acids is 1. The van der Waals surface area contributed by atoms with E-state index in [0.717, 1.165) is 23.1 Å². The zero-order valence-electron chi connectivity index (χ0n) is 17.4. The second kappa shape index (κ2) is 8.73. The van der Waals surface area contributed by atoms with Gasteiger partial charge < -0.3 is 15.2 Å². The number of anilines is 2. The predicted octanol–water partition coefficient (Wildman–Crippen LogP) is 4.91. The minimum Gasteiger partial charge on any atom is -0.465 e. The van der Waals surface area contributed by atoms with Gasteiger partial charge in [-0.15, -0.1) is 5.10 Å². The second-order valence-electron chi connectivity index (χ2n) is 7.08. The van der Waals surface area contributed by atoms with E-state index in [1.165, 1.54) is 36.0 Å². The van der Waals surface area contributed by atoms with Gasteiger partial charge in [0.2, 0.25) is 5.88 Å². The third-order valence-electron chi connectivity index (χ3n) is 4.68. The van der Waals surface area contributed by atoms with Crippen LogP contribution < -0.4 is 15.0 Å². The van der Waals surface area contributed by atoms with E-state index in [2.05, 4.69) is 15.4 Å². The largest absolute Gasteiger partial charge is 0.465 e. The molecule has 0 aliphatic heterocycles. The van der Waals surface area contributed by atoms with Crippen LogP contribution >= 0.6 is 0 Å². The molecule has 2 N–H and O–H groups in total. The third-order valence-corrected chi connectivity index (χ3v) is 4.68. The summed E-state index contributed by atoms with van der Waals surface area (Å²) in [5.41, 5.74) is -0.363. The van der Waals surface area contributed by atoms with Crippen LogP contribution in [0.3, 0.4) is 0 Å². The number of ether oxygens (including phenoxy) is 1. The van der Waals surface area contributed by atoms with Crippen molar-refractivity contribution in [3.8, 4) is 11.6 Å². The van der Waals surface area contributed by atoms with Gasteiger partial charge in [-0.1, -0.05) is 12.1 Å². The number of aromatic nitrogens is 3. The molecule has 12 heteroatoms. The highest BCUT2D eigenvalue weighted by molar-refractivity contribution is 6.04. The fourth-order valence-electron chi connectivity index (χ4n) is 2.96. The van der Waals surface area contributed by atoms with Crippen LogP contribution in [0.4, 0.5) is 29.5 Å². The Morgan fingerprint density at radius 1 is 1.09 bits per heavy atom. The SMILES string of the molecule is CN(C(=O)O)c1cn2nc(Oc3cccc(NC(=O)c4cccc(C(F)(F)F)c4)c3)ccc2n1. The van der Waals surface area contributed by atoms with Crippen LogP contribution in [0.2, 0.25) is 0 Å². The summed E-state index contributed by atoms with van der Waals surface area (Å²) in [6.45, 7) is 0. The number of amides is 2. The first-order chi connectivity index (χ1) is 16.1. The minimum atomic E-state index is -4.56. The summed E-state index contributed by atoms with van der Waals surface area (Å²) in [5.74, 6) is -0.0692. The number of carbonyl (C=O) groups is 2. The Kier molecular flexibility index (Phi) is 5.80. The average molecular weight is 471 g/mol. The molecule has 2 aromatic heterocycles. The number of fused-ring (bicyclic) bond motifs is 1. The minimum absolute atomic E-state index is 0.143. The molecule has 0 aliphatic rings. The van der Waals surface area contributed by atoms with Crippen LogP contribution in [0.5, 0.6) is 11.6 Å². The van der Waals surface area contributed by atoms with Gasteiger partial charge in [0, 0.05) is 30.4 Å². The van der Waals surface area contributed by atoms with Gasteiger partial charge in [0.15, 0.2) is 11.5 Å². The Balaban J connectivity index is 1.50. The highest BCUT2D eigenvalue weighted by Crippen LogP contribution is 2.30. The average Bonchev–Trinajstić information content (AvgIpc) is 3.21. The van der Waals surface area contributed by atoms with E-state index in [1.807, 2.05) is 0 Å². The fraction of sp³-hybridized carbons (Fsp3) is 0.0909. The molecule has 0 radical (unpaired) electrons. The number of nitrogens with one attached hydrogen (secondary N) is 1. The van der Waals surface area contributed by atoms with Gasteiger partial charge in [0.1, 0.15) is 5.75 Å². The molecule has 0 spiro atoms. The number of carboxylic acid groups (broad SMARTS) is 1. The lowest BCUT2D eigenvalue weighted by molar-refractivity contribution is -0.137. The van der Waals surface area contributed by atoms with Crippen molar-refractivity contribution in [2.75, 3.05) is 17.3 Å². The first kappa shape index (κ1) is 22.6. The summed E-state index contributed by atoms with van der Waals surface area (Å²) in [7, 11) is 1.35. The van der Waals surface area contributed by atoms with Crippen LogP contribution in [0.25, 0.3) is 5.65 Å². The number of halogens is 3. The molecular weight excluding hydrogens is 455 g/mol. The first-order valence-electron chi connectivity index (χ1n) is 9.70. The highest BCUT2D eigenvalue weighted by Gasteiger charge is 2.30. The quantitative estimate of drug-likeness (QED) is 0.428. The maximum atomic E-state index is 12.9. The number of alkyl halides is 3. The lowest BCUT2D eigenvalue weighted by Crippen LogP contribution is -2.23. The van der Waals surface area contributed by atoms with Crippen molar-refractivity contribution in [1.29, 1.82) is 0 Å². The topological polar surface area (TPSA) is 109 Å². The molecule has 9 nitrogen and oxygen atoms in total. The van der Waals surface area contributed by atoms with E-state index in [1.54, 1.807) is 24.3 Å². The van der Waals surface area contributed by atoms with Crippen LogP contribution in [-0.4, -0.2) is 38.8 Å². The number of hydrogen-bond donors (Lipinski definition) is 2. The lowest BCUT2D eigenvalue weighted by atomic mass is 10.1. The van der Waals surface area contributed by atoms with E-state index in [0.29, 0.717) is 17.1 Å². The van der Waals surface area contributed by atoms with Crippen LogP contribution in [0, 0.1) is 0 Å². The molecule has 0 saturated heterocycles. The van der Waals surface area contributed by atoms with Crippen LogP contribution in [0.15, 0.2) is 66.9 Å². The summed E-state index contributed by atoms with van der Waals surface area (Å²) in [4.78, 5) is 28.6. The molecule has 0 unspecified atom stereocenters. The van der Waals surface area contributed by atoms with Gasteiger partial charge in [-0.3, -0.25) is 9.69 Å².